The third kappa shape index (κ3) is 7.18. The van der Waals surface area contributed by atoms with Gasteiger partial charge in [-0.25, -0.2) is 12.8 Å². The minimum Gasteiger partial charge on any atom is -0.325 e. The molecule has 2 amide bonds. The molecule has 2 aromatic rings. The Hall–Kier alpha value is -2.74. The van der Waals surface area contributed by atoms with Gasteiger partial charge in [-0.2, -0.15) is 0 Å². The summed E-state index contributed by atoms with van der Waals surface area (Å²) in [5.74, 6) is -2.59. The van der Waals surface area contributed by atoms with E-state index in [-0.39, 0.29) is 17.1 Å². The Kier molecular flexibility index (Phi) is 7.06. The van der Waals surface area contributed by atoms with Gasteiger partial charge in [-0.05, 0) is 36.6 Å². The molecule has 0 heterocycles. The highest BCUT2D eigenvalue weighted by atomic mass is 32.2. The van der Waals surface area contributed by atoms with Crippen LogP contribution in [0.5, 0.6) is 0 Å². The molecule has 6 nitrogen and oxygen atoms in total. The molecule has 2 N–H and O–H groups in total. The fraction of sp³-hybridized carbons (Fsp3) is 0.263. The molecule has 2 rings (SSSR count). The van der Waals surface area contributed by atoms with Crippen molar-refractivity contribution >= 4 is 33.0 Å². The highest BCUT2D eigenvalue weighted by molar-refractivity contribution is 7.92. The molecule has 2 aromatic carbocycles. The zero-order valence-corrected chi connectivity index (χ0v) is 15.7. The molecule has 27 heavy (non-hydrogen) atoms. The van der Waals surface area contributed by atoms with Crippen molar-refractivity contribution in [2.45, 2.75) is 19.8 Å². The SMILES string of the molecule is CC(=O)Nc1cc(NC(=O)CS(=O)(=O)CCCc2ccccc2)ccc1F. The molecular weight excluding hydrogens is 371 g/mol. The molecule has 8 heteroatoms. The number of benzene rings is 2. The first kappa shape index (κ1) is 20.6. The summed E-state index contributed by atoms with van der Waals surface area (Å²) in [6.45, 7) is 1.23. The smallest absolute Gasteiger partial charge is 0.239 e. The summed E-state index contributed by atoms with van der Waals surface area (Å²) in [6, 6.07) is 13.1. The van der Waals surface area contributed by atoms with Crippen LogP contribution in [-0.2, 0) is 25.8 Å². The molecule has 0 fully saturated rings. The normalized spacial score (nSPS) is 11.0. The maximum atomic E-state index is 13.6. The van der Waals surface area contributed by atoms with Crippen molar-refractivity contribution in [3.05, 3.63) is 59.9 Å². The van der Waals surface area contributed by atoms with Gasteiger partial charge in [0.25, 0.3) is 0 Å². The summed E-state index contributed by atoms with van der Waals surface area (Å²) >= 11 is 0. The standard InChI is InChI=1S/C19H21FN2O4S/c1-14(23)21-18-12-16(9-10-17(18)20)22-19(24)13-27(25,26)11-5-8-15-6-3-2-4-7-15/h2-4,6-7,9-10,12H,5,8,11,13H2,1H3,(H,21,23)(H,22,24). The summed E-state index contributed by atoms with van der Waals surface area (Å²) in [7, 11) is -3.56. The van der Waals surface area contributed by atoms with Gasteiger partial charge in [0.1, 0.15) is 11.6 Å². The number of hydrogen-bond acceptors (Lipinski definition) is 4. The second kappa shape index (κ2) is 9.27. The lowest BCUT2D eigenvalue weighted by molar-refractivity contribution is -0.114. The molecule has 0 radical (unpaired) electrons. The van der Waals surface area contributed by atoms with Gasteiger partial charge in [0.05, 0.1) is 11.4 Å². The molecule has 0 aliphatic carbocycles. The van der Waals surface area contributed by atoms with Crippen molar-refractivity contribution in [3.63, 3.8) is 0 Å². The quantitative estimate of drug-likeness (QED) is 0.723. The van der Waals surface area contributed by atoms with Gasteiger partial charge in [-0.1, -0.05) is 30.3 Å². The van der Waals surface area contributed by atoms with Crippen LogP contribution in [0.25, 0.3) is 0 Å². The van der Waals surface area contributed by atoms with Crippen LogP contribution in [0.2, 0.25) is 0 Å². The number of nitrogens with one attached hydrogen (secondary N) is 2. The Bertz CT molecular complexity index is 915. The number of hydrogen-bond donors (Lipinski definition) is 2. The number of rotatable bonds is 8. The minimum atomic E-state index is -3.56. The molecule has 0 saturated carbocycles. The van der Waals surface area contributed by atoms with Crippen LogP contribution in [0.4, 0.5) is 15.8 Å². The Morgan fingerprint density at radius 1 is 1.04 bits per heavy atom. The van der Waals surface area contributed by atoms with Crippen molar-refractivity contribution in [1.82, 2.24) is 0 Å². The molecule has 0 bridgehead atoms. The maximum Gasteiger partial charge on any atom is 0.239 e. The number of amides is 2. The van der Waals surface area contributed by atoms with E-state index in [9.17, 15) is 22.4 Å². The van der Waals surface area contributed by atoms with E-state index in [1.165, 1.54) is 19.1 Å². The topological polar surface area (TPSA) is 92.3 Å². The second-order valence-corrected chi connectivity index (χ2v) is 8.29. The van der Waals surface area contributed by atoms with Crippen molar-refractivity contribution < 1.29 is 22.4 Å². The Balaban J connectivity index is 1.89. The highest BCUT2D eigenvalue weighted by Crippen LogP contribution is 2.19. The van der Waals surface area contributed by atoms with Crippen LogP contribution in [0.15, 0.2) is 48.5 Å². The van der Waals surface area contributed by atoms with Crippen LogP contribution in [0.1, 0.15) is 18.9 Å². The minimum absolute atomic E-state index is 0.0916. The van der Waals surface area contributed by atoms with E-state index in [1.54, 1.807) is 0 Å². The summed E-state index contributed by atoms with van der Waals surface area (Å²) < 4.78 is 37.8. The zero-order valence-electron chi connectivity index (χ0n) is 14.9. The maximum absolute atomic E-state index is 13.6. The van der Waals surface area contributed by atoms with E-state index in [2.05, 4.69) is 10.6 Å². The second-order valence-electron chi connectivity index (χ2n) is 6.11. The number of aryl methyl sites for hydroxylation is 1. The molecule has 0 aliphatic rings. The van der Waals surface area contributed by atoms with Crippen LogP contribution in [0.3, 0.4) is 0 Å². The predicted octanol–water partition coefficient (Wildman–Crippen LogP) is 2.77. The van der Waals surface area contributed by atoms with Crippen molar-refractivity contribution in [2.75, 3.05) is 22.1 Å². The monoisotopic (exact) mass is 392 g/mol. The molecule has 0 saturated heterocycles. The third-order valence-corrected chi connectivity index (χ3v) is 5.29. The summed E-state index contributed by atoms with van der Waals surface area (Å²) in [6.07, 6.45) is 1.03. The zero-order chi connectivity index (χ0) is 19.9. The summed E-state index contributed by atoms with van der Waals surface area (Å²) in [5, 5.41) is 4.71. The number of carbonyl (C=O) groups excluding carboxylic acids is 2. The van der Waals surface area contributed by atoms with Crippen molar-refractivity contribution in [3.8, 4) is 0 Å². The molecule has 0 unspecified atom stereocenters. The fourth-order valence-electron chi connectivity index (χ4n) is 2.50. The van der Waals surface area contributed by atoms with E-state index in [4.69, 9.17) is 0 Å². The lowest BCUT2D eigenvalue weighted by atomic mass is 10.1. The lowest BCUT2D eigenvalue weighted by Gasteiger charge is -2.09. The van der Waals surface area contributed by atoms with Crippen LogP contribution in [-0.4, -0.2) is 31.7 Å². The van der Waals surface area contributed by atoms with Gasteiger partial charge in [-0.3, -0.25) is 9.59 Å². The number of halogens is 1. The fourth-order valence-corrected chi connectivity index (χ4v) is 3.70. The van der Waals surface area contributed by atoms with Crippen LogP contribution >= 0.6 is 0 Å². The predicted molar refractivity (Wildman–Crippen MR) is 103 cm³/mol. The average Bonchev–Trinajstić information content (AvgIpc) is 2.57. The van der Waals surface area contributed by atoms with E-state index in [0.717, 1.165) is 11.6 Å². The van der Waals surface area contributed by atoms with Gasteiger partial charge >= 0.3 is 0 Å². The Morgan fingerprint density at radius 2 is 1.74 bits per heavy atom. The number of carbonyl (C=O) groups is 2. The molecule has 0 aliphatic heterocycles. The molecule has 0 spiro atoms. The third-order valence-electron chi connectivity index (χ3n) is 3.68. The van der Waals surface area contributed by atoms with Crippen molar-refractivity contribution in [2.24, 2.45) is 0 Å². The van der Waals surface area contributed by atoms with Gasteiger partial charge in [0, 0.05) is 12.6 Å². The first-order valence-corrected chi connectivity index (χ1v) is 10.2. The van der Waals surface area contributed by atoms with Gasteiger partial charge in [0.15, 0.2) is 9.84 Å². The van der Waals surface area contributed by atoms with E-state index < -0.39 is 33.2 Å². The first-order chi connectivity index (χ1) is 12.7. The van der Waals surface area contributed by atoms with E-state index in [0.29, 0.717) is 12.8 Å². The first-order valence-electron chi connectivity index (χ1n) is 8.36. The van der Waals surface area contributed by atoms with Crippen molar-refractivity contribution in [1.29, 1.82) is 0 Å². The summed E-state index contributed by atoms with van der Waals surface area (Å²) in [4.78, 5) is 23.1. The van der Waals surface area contributed by atoms with Crippen LogP contribution < -0.4 is 10.6 Å². The molecular formula is C19H21FN2O4S. The molecule has 144 valence electrons. The van der Waals surface area contributed by atoms with E-state index >= 15 is 0 Å². The van der Waals surface area contributed by atoms with E-state index in [1.807, 2.05) is 30.3 Å². The molecule has 0 atom stereocenters. The Morgan fingerprint density at radius 3 is 2.41 bits per heavy atom. The number of sulfone groups is 1. The highest BCUT2D eigenvalue weighted by Gasteiger charge is 2.17. The van der Waals surface area contributed by atoms with Crippen LogP contribution in [0, 0.1) is 5.82 Å². The number of anilines is 2. The summed E-state index contributed by atoms with van der Waals surface area (Å²) in [5.41, 5.74) is 1.14. The average molecular weight is 392 g/mol. The lowest BCUT2D eigenvalue weighted by Crippen LogP contribution is -2.25. The van der Waals surface area contributed by atoms with Gasteiger partial charge in [-0.15, -0.1) is 0 Å². The largest absolute Gasteiger partial charge is 0.325 e. The van der Waals surface area contributed by atoms with Gasteiger partial charge < -0.3 is 10.6 Å². The Labute approximate surface area is 157 Å². The van der Waals surface area contributed by atoms with Gasteiger partial charge in [0.2, 0.25) is 11.8 Å². The molecule has 0 aromatic heterocycles.